The minimum absolute atomic E-state index is 0.755. The molecule has 2 aromatic rings. The minimum atomic E-state index is 0.755. The monoisotopic (exact) mass is 245 g/mol. The number of nitrogens with one attached hydrogen (secondary N) is 1. The van der Waals surface area contributed by atoms with Gasteiger partial charge in [0.05, 0.1) is 18.8 Å². The number of aryl methyl sites for hydroxylation is 1. The predicted octanol–water partition coefficient (Wildman–Crippen LogP) is 2.82. The van der Waals surface area contributed by atoms with Crippen molar-refractivity contribution in [2.75, 3.05) is 11.9 Å². The lowest BCUT2D eigenvalue weighted by Crippen LogP contribution is -2.05. The molecule has 0 saturated heterocycles. The summed E-state index contributed by atoms with van der Waals surface area (Å²) in [6.07, 6.45) is 2.82. The first-order valence-corrected chi connectivity index (χ1v) is 6.23. The van der Waals surface area contributed by atoms with E-state index in [-0.39, 0.29) is 0 Å². The van der Waals surface area contributed by atoms with E-state index in [0.29, 0.717) is 0 Å². The third-order valence-corrected chi connectivity index (χ3v) is 2.70. The van der Waals surface area contributed by atoms with E-state index in [1.807, 2.05) is 42.1 Å². The summed E-state index contributed by atoms with van der Waals surface area (Å²) < 4.78 is 7.46. The molecule has 0 aliphatic rings. The molecule has 2 rings (SSSR count). The van der Waals surface area contributed by atoms with Gasteiger partial charge in [-0.3, -0.25) is 4.68 Å². The summed E-state index contributed by atoms with van der Waals surface area (Å²) in [6.45, 7) is 3.61. The van der Waals surface area contributed by atoms with Gasteiger partial charge in [0.2, 0.25) is 0 Å². The molecule has 1 aromatic heterocycles. The van der Waals surface area contributed by atoms with Crippen molar-refractivity contribution in [2.45, 2.75) is 19.9 Å². The molecule has 0 aliphatic carbocycles. The second-order valence-corrected chi connectivity index (χ2v) is 4.18. The van der Waals surface area contributed by atoms with Crippen molar-refractivity contribution in [2.24, 2.45) is 7.05 Å². The number of nitrogens with zero attached hydrogens (tertiary/aromatic N) is 2. The molecule has 1 aromatic carbocycles. The maximum absolute atomic E-state index is 5.60. The Hall–Kier alpha value is -1.97. The smallest absolute Gasteiger partial charge is 0.121 e. The van der Waals surface area contributed by atoms with Crippen LogP contribution >= 0.6 is 0 Å². The summed E-state index contributed by atoms with van der Waals surface area (Å²) in [6, 6.07) is 10.0. The third kappa shape index (κ3) is 3.26. The Kier molecular flexibility index (Phi) is 4.23. The minimum Gasteiger partial charge on any atom is -0.494 e. The summed E-state index contributed by atoms with van der Waals surface area (Å²) in [5, 5.41) is 7.50. The van der Waals surface area contributed by atoms with Crippen LogP contribution in [0.5, 0.6) is 5.75 Å². The van der Waals surface area contributed by atoms with Crippen molar-refractivity contribution in [1.82, 2.24) is 9.78 Å². The SMILES string of the molecule is CCCOc1cccc(NCc2ccnn2C)c1. The Bertz CT molecular complexity index is 493. The zero-order chi connectivity index (χ0) is 12.8. The van der Waals surface area contributed by atoms with Crippen LogP contribution < -0.4 is 10.1 Å². The third-order valence-electron chi connectivity index (χ3n) is 2.70. The van der Waals surface area contributed by atoms with E-state index in [1.54, 1.807) is 6.20 Å². The van der Waals surface area contributed by atoms with Crippen LogP contribution in [-0.2, 0) is 13.6 Å². The number of aromatic nitrogens is 2. The molecule has 18 heavy (non-hydrogen) atoms. The first-order chi connectivity index (χ1) is 8.79. The van der Waals surface area contributed by atoms with Crippen LogP contribution in [0.1, 0.15) is 19.0 Å². The van der Waals surface area contributed by atoms with Gasteiger partial charge in [0.25, 0.3) is 0 Å². The van der Waals surface area contributed by atoms with E-state index in [0.717, 1.165) is 36.7 Å². The van der Waals surface area contributed by atoms with Gasteiger partial charge < -0.3 is 10.1 Å². The fourth-order valence-electron chi connectivity index (χ4n) is 1.68. The summed E-state index contributed by atoms with van der Waals surface area (Å²) in [5.41, 5.74) is 2.21. The number of rotatable bonds is 6. The summed E-state index contributed by atoms with van der Waals surface area (Å²) in [7, 11) is 1.94. The molecule has 0 amide bonds. The van der Waals surface area contributed by atoms with Crippen LogP contribution in [-0.4, -0.2) is 16.4 Å². The predicted molar refractivity (Wildman–Crippen MR) is 72.8 cm³/mol. The second-order valence-electron chi connectivity index (χ2n) is 4.18. The Morgan fingerprint density at radius 3 is 2.94 bits per heavy atom. The van der Waals surface area contributed by atoms with E-state index in [9.17, 15) is 0 Å². The Balaban J connectivity index is 1.95. The molecule has 1 N–H and O–H groups in total. The van der Waals surface area contributed by atoms with E-state index in [2.05, 4.69) is 17.3 Å². The molecular weight excluding hydrogens is 226 g/mol. The average molecular weight is 245 g/mol. The van der Waals surface area contributed by atoms with Gasteiger partial charge in [-0.15, -0.1) is 0 Å². The molecule has 1 heterocycles. The zero-order valence-corrected chi connectivity index (χ0v) is 10.9. The molecule has 4 heteroatoms. The van der Waals surface area contributed by atoms with Gasteiger partial charge in [-0.2, -0.15) is 5.10 Å². The summed E-state index contributed by atoms with van der Waals surface area (Å²) in [5.74, 6) is 0.909. The molecule has 0 spiro atoms. The highest BCUT2D eigenvalue weighted by Crippen LogP contribution is 2.18. The van der Waals surface area contributed by atoms with Gasteiger partial charge >= 0.3 is 0 Å². The summed E-state index contributed by atoms with van der Waals surface area (Å²) in [4.78, 5) is 0. The van der Waals surface area contributed by atoms with Crippen molar-refractivity contribution >= 4 is 5.69 Å². The van der Waals surface area contributed by atoms with Gasteiger partial charge in [-0.1, -0.05) is 13.0 Å². The normalized spacial score (nSPS) is 10.3. The number of hydrogen-bond acceptors (Lipinski definition) is 3. The maximum atomic E-state index is 5.60. The van der Waals surface area contributed by atoms with Gasteiger partial charge in [0.1, 0.15) is 5.75 Å². The first-order valence-electron chi connectivity index (χ1n) is 6.23. The van der Waals surface area contributed by atoms with Crippen LogP contribution in [0.2, 0.25) is 0 Å². The number of anilines is 1. The lowest BCUT2D eigenvalue weighted by atomic mass is 10.3. The van der Waals surface area contributed by atoms with Crippen LogP contribution in [0.4, 0.5) is 5.69 Å². The van der Waals surface area contributed by atoms with Crippen molar-refractivity contribution in [1.29, 1.82) is 0 Å². The first kappa shape index (κ1) is 12.5. The molecule has 0 radical (unpaired) electrons. The van der Waals surface area contributed by atoms with Gasteiger partial charge in [0, 0.05) is 25.0 Å². The molecule has 0 bridgehead atoms. The van der Waals surface area contributed by atoms with Crippen molar-refractivity contribution in [3.05, 3.63) is 42.2 Å². The highest BCUT2D eigenvalue weighted by Gasteiger charge is 1.99. The summed E-state index contributed by atoms with van der Waals surface area (Å²) >= 11 is 0. The van der Waals surface area contributed by atoms with Crippen molar-refractivity contribution in [3.8, 4) is 5.75 Å². The molecule has 0 fully saturated rings. The van der Waals surface area contributed by atoms with Crippen LogP contribution in [0, 0.1) is 0 Å². The zero-order valence-electron chi connectivity index (χ0n) is 10.9. The van der Waals surface area contributed by atoms with Crippen molar-refractivity contribution in [3.63, 3.8) is 0 Å². The lowest BCUT2D eigenvalue weighted by Gasteiger charge is -2.09. The molecule has 0 unspecified atom stereocenters. The molecule has 0 aliphatic heterocycles. The molecule has 96 valence electrons. The maximum Gasteiger partial charge on any atom is 0.121 e. The highest BCUT2D eigenvalue weighted by atomic mass is 16.5. The Morgan fingerprint density at radius 1 is 1.33 bits per heavy atom. The van der Waals surface area contributed by atoms with Crippen LogP contribution in [0.3, 0.4) is 0 Å². The van der Waals surface area contributed by atoms with Gasteiger partial charge in [-0.05, 0) is 24.6 Å². The van der Waals surface area contributed by atoms with E-state index < -0.39 is 0 Å². The van der Waals surface area contributed by atoms with Crippen molar-refractivity contribution < 1.29 is 4.74 Å². The molecule has 0 atom stereocenters. The second kappa shape index (κ2) is 6.10. The quantitative estimate of drug-likeness (QED) is 0.850. The lowest BCUT2D eigenvalue weighted by molar-refractivity contribution is 0.317. The number of benzene rings is 1. The standard InChI is InChI=1S/C14H19N3O/c1-3-9-18-14-6-4-5-12(10-14)15-11-13-7-8-16-17(13)2/h4-8,10,15H,3,9,11H2,1-2H3. The van der Waals surface area contributed by atoms with E-state index in [1.165, 1.54) is 0 Å². The molecule has 4 nitrogen and oxygen atoms in total. The van der Waals surface area contributed by atoms with Gasteiger partial charge in [-0.25, -0.2) is 0 Å². The van der Waals surface area contributed by atoms with Crippen LogP contribution in [0.25, 0.3) is 0 Å². The Labute approximate surface area is 108 Å². The molecular formula is C14H19N3O. The largest absolute Gasteiger partial charge is 0.494 e. The molecule has 0 saturated carbocycles. The van der Waals surface area contributed by atoms with Gasteiger partial charge in [0.15, 0.2) is 0 Å². The topological polar surface area (TPSA) is 39.1 Å². The number of ether oxygens (including phenoxy) is 1. The highest BCUT2D eigenvalue weighted by molar-refractivity contribution is 5.48. The fourth-order valence-corrected chi connectivity index (χ4v) is 1.68. The number of hydrogen-bond donors (Lipinski definition) is 1. The fraction of sp³-hybridized carbons (Fsp3) is 0.357. The van der Waals surface area contributed by atoms with E-state index in [4.69, 9.17) is 4.74 Å². The average Bonchev–Trinajstić information content (AvgIpc) is 2.80. The van der Waals surface area contributed by atoms with E-state index >= 15 is 0 Å². The van der Waals surface area contributed by atoms with Crippen LogP contribution in [0.15, 0.2) is 36.5 Å². The Morgan fingerprint density at radius 2 is 2.22 bits per heavy atom.